The van der Waals surface area contributed by atoms with Crippen LogP contribution in [0, 0.1) is 0 Å². The molecule has 0 aliphatic heterocycles. The zero-order chi connectivity index (χ0) is 9.97. The summed E-state index contributed by atoms with van der Waals surface area (Å²) in [6, 6.07) is 7.93. The molecule has 2 aromatic rings. The molecule has 0 fully saturated rings. The molecule has 0 unspecified atom stereocenters. The smallest absolute Gasteiger partial charge is 0.285 e. The average Bonchev–Trinajstić information content (AvgIpc) is 2.65. The van der Waals surface area contributed by atoms with Crippen LogP contribution in [0.3, 0.4) is 0 Å². The maximum Gasteiger partial charge on any atom is 0.285 e. The fraction of sp³-hybridized carbons (Fsp3) is 0.111. The second-order valence-electron chi connectivity index (χ2n) is 2.56. The zero-order valence-corrected chi connectivity index (χ0v) is 9.80. The minimum atomic E-state index is 0.406. The molecule has 14 heavy (non-hydrogen) atoms. The lowest BCUT2D eigenvalue weighted by Crippen LogP contribution is -1.81. The van der Waals surface area contributed by atoms with E-state index in [4.69, 9.17) is 4.42 Å². The van der Waals surface area contributed by atoms with E-state index in [0.717, 1.165) is 10.5 Å². The van der Waals surface area contributed by atoms with Crippen molar-refractivity contribution in [3.8, 4) is 11.5 Å². The highest BCUT2D eigenvalue weighted by molar-refractivity contribution is 9.10. The van der Waals surface area contributed by atoms with Crippen molar-refractivity contribution in [3.63, 3.8) is 0 Å². The minimum Gasteiger partial charge on any atom is -0.411 e. The Bertz CT molecular complexity index is 444. The molecular formula is C9H7BrN2OS. The summed E-state index contributed by atoms with van der Waals surface area (Å²) >= 11 is 4.79. The third-order valence-electron chi connectivity index (χ3n) is 1.74. The van der Waals surface area contributed by atoms with Crippen molar-refractivity contribution in [2.75, 3.05) is 6.26 Å². The molecule has 1 aromatic carbocycles. The van der Waals surface area contributed by atoms with Crippen LogP contribution in [-0.4, -0.2) is 16.5 Å². The van der Waals surface area contributed by atoms with Gasteiger partial charge in [0.1, 0.15) is 0 Å². The summed E-state index contributed by atoms with van der Waals surface area (Å²) in [5.74, 6) is 0.543. The Morgan fingerprint density at radius 3 is 2.71 bits per heavy atom. The van der Waals surface area contributed by atoms with Gasteiger partial charge in [0.15, 0.2) is 0 Å². The van der Waals surface area contributed by atoms with Crippen LogP contribution in [0.1, 0.15) is 0 Å². The number of nitrogens with zero attached hydrogens (tertiary/aromatic N) is 2. The van der Waals surface area contributed by atoms with Crippen LogP contribution in [0.4, 0.5) is 0 Å². The third kappa shape index (κ3) is 1.83. The van der Waals surface area contributed by atoms with Crippen LogP contribution in [0.5, 0.6) is 0 Å². The maximum absolute atomic E-state index is 5.29. The van der Waals surface area contributed by atoms with Crippen molar-refractivity contribution in [2.24, 2.45) is 0 Å². The number of benzene rings is 1. The zero-order valence-electron chi connectivity index (χ0n) is 7.40. The highest BCUT2D eigenvalue weighted by Gasteiger charge is 2.09. The van der Waals surface area contributed by atoms with Crippen LogP contribution in [-0.2, 0) is 0 Å². The van der Waals surface area contributed by atoms with Gasteiger partial charge in [-0.05, 0) is 18.4 Å². The molecule has 0 aliphatic rings. The molecule has 2 rings (SSSR count). The summed E-state index contributed by atoms with van der Waals surface area (Å²) in [6.07, 6.45) is 2.02. The highest BCUT2D eigenvalue weighted by Crippen LogP contribution is 2.29. The SMILES string of the molecule is CSc1ccccc1-c1nnc(Br)o1. The van der Waals surface area contributed by atoms with Gasteiger partial charge >= 0.3 is 0 Å². The van der Waals surface area contributed by atoms with Crippen molar-refractivity contribution in [2.45, 2.75) is 4.90 Å². The van der Waals surface area contributed by atoms with Gasteiger partial charge in [0.2, 0.25) is 5.89 Å². The second-order valence-corrected chi connectivity index (χ2v) is 4.09. The first kappa shape index (κ1) is 9.73. The lowest BCUT2D eigenvalue weighted by Gasteiger charge is -2.00. The number of hydrogen-bond donors (Lipinski definition) is 0. The van der Waals surface area contributed by atoms with E-state index in [2.05, 4.69) is 26.1 Å². The molecule has 0 saturated carbocycles. The molecule has 72 valence electrons. The van der Waals surface area contributed by atoms with Gasteiger partial charge in [-0.1, -0.05) is 12.1 Å². The third-order valence-corrected chi connectivity index (χ3v) is 2.85. The summed E-state index contributed by atoms with van der Waals surface area (Å²) < 4.78 is 5.29. The number of thioether (sulfide) groups is 1. The average molecular weight is 271 g/mol. The van der Waals surface area contributed by atoms with Crippen molar-refractivity contribution in [1.82, 2.24) is 10.2 Å². The number of halogens is 1. The molecule has 0 bridgehead atoms. The molecule has 0 saturated heterocycles. The van der Waals surface area contributed by atoms with Gasteiger partial charge in [0.25, 0.3) is 4.80 Å². The molecule has 1 aromatic heterocycles. The van der Waals surface area contributed by atoms with Gasteiger partial charge in [0, 0.05) is 20.8 Å². The van der Waals surface area contributed by atoms with Crippen LogP contribution < -0.4 is 0 Å². The molecule has 0 spiro atoms. The first-order valence-electron chi connectivity index (χ1n) is 3.93. The largest absolute Gasteiger partial charge is 0.411 e. The maximum atomic E-state index is 5.29. The Hall–Kier alpha value is -0.810. The van der Waals surface area contributed by atoms with Crippen LogP contribution in [0.15, 0.2) is 38.4 Å². The summed E-state index contributed by atoms with van der Waals surface area (Å²) in [6.45, 7) is 0. The number of rotatable bonds is 2. The lowest BCUT2D eigenvalue weighted by atomic mass is 10.2. The Morgan fingerprint density at radius 2 is 2.07 bits per heavy atom. The van der Waals surface area contributed by atoms with Crippen molar-refractivity contribution in [1.29, 1.82) is 0 Å². The molecule has 1 heterocycles. The summed E-state index contributed by atoms with van der Waals surface area (Å²) in [5.41, 5.74) is 0.971. The van der Waals surface area contributed by atoms with E-state index in [-0.39, 0.29) is 0 Å². The summed E-state index contributed by atoms with van der Waals surface area (Å²) in [5, 5.41) is 7.68. The topological polar surface area (TPSA) is 38.9 Å². The van der Waals surface area contributed by atoms with Crippen molar-refractivity contribution < 1.29 is 4.42 Å². The van der Waals surface area contributed by atoms with E-state index in [1.54, 1.807) is 11.8 Å². The lowest BCUT2D eigenvalue weighted by molar-refractivity contribution is 0.539. The van der Waals surface area contributed by atoms with Crippen LogP contribution >= 0.6 is 27.7 Å². The molecule has 0 atom stereocenters. The Kier molecular flexibility index (Phi) is 2.88. The fourth-order valence-corrected chi connectivity index (χ4v) is 1.96. The summed E-state index contributed by atoms with van der Waals surface area (Å²) in [7, 11) is 0. The molecule has 3 nitrogen and oxygen atoms in total. The fourth-order valence-electron chi connectivity index (χ4n) is 1.14. The van der Waals surface area contributed by atoms with Gasteiger partial charge in [-0.25, -0.2) is 0 Å². The number of hydrogen-bond acceptors (Lipinski definition) is 4. The standard InChI is InChI=1S/C9H7BrN2OS/c1-14-7-5-3-2-4-6(7)8-11-12-9(10)13-8/h2-5H,1H3. The Morgan fingerprint density at radius 1 is 1.29 bits per heavy atom. The van der Waals surface area contributed by atoms with Crippen molar-refractivity contribution >= 4 is 27.7 Å². The van der Waals surface area contributed by atoms with E-state index in [9.17, 15) is 0 Å². The quantitative estimate of drug-likeness (QED) is 0.786. The molecule has 0 amide bonds. The highest BCUT2D eigenvalue weighted by atomic mass is 79.9. The first-order valence-corrected chi connectivity index (χ1v) is 5.95. The second kappa shape index (κ2) is 4.14. The normalized spacial score (nSPS) is 10.4. The number of aromatic nitrogens is 2. The van der Waals surface area contributed by atoms with Gasteiger partial charge in [-0.3, -0.25) is 0 Å². The first-order chi connectivity index (χ1) is 6.81. The van der Waals surface area contributed by atoms with Crippen LogP contribution in [0.25, 0.3) is 11.5 Å². The molecular weight excluding hydrogens is 264 g/mol. The predicted molar refractivity (Wildman–Crippen MR) is 59.2 cm³/mol. The summed E-state index contributed by atoms with van der Waals surface area (Å²) in [4.78, 5) is 1.53. The van der Waals surface area contributed by atoms with E-state index < -0.39 is 0 Å². The van der Waals surface area contributed by atoms with E-state index in [0.29, 0.717) is 10.7 Å². The van der Waals surface area contributed by atoms with Gasteiger partial charge in [0.05, 0.1) is 5.56 Å². The van der Waals surface area contributed by atoms with Gasteiger partial charge in [-0.2, -0.15) is 0 Å². The van der Waals surface area contributed by atoms with Crippen LogP contribution in [0.2, 0.25) is 0 Å². The Labute approximate surface area is 94.0 Å². The van der Waals surface area contributed by atoms with Gasteiger partial charge in [-0.15, -0.1) is 22.0 Å². The molecule has 5 heteroatoms. The predicted octanol–water partition coefficient (Wildman–Crippen LogP) is 3.22. The van der Waals surface area contributed by atoms with E-state index in [1.807, 2.05) is 30.5 Å². The Balaban J connectivity index is 2.50. The van der Waals surface area contributed by atoms with E-state index >= 15 is 0 Å². The monoisotopic (exact) mass is 270 g/mol. The van der Waals surface area contributed by atoms with Crippen molar-refractivity contribution in [3.05, 3.63) is 29.1 Å². The van der Waals surface area contributed by atoms with E-state index in [1.165, 1.54) is 0 Å². The molecule has 0 N–H and O–H groups in total. The molecule has 0 aliphatic carbocycles. The molecule has 0 radical (unpaired) electrons. The minimum absolute atomic E-state index is 0.406. The van der Waals surface area contributed by atoms with Gasteiger partial charge < -0.3 is 4.42 Å².